The zero-order valence-corrected chi connectivity index (χ0v) is 18.6. The molecule has 0 radical (unpaired) electrons. The molecular weight excluding hydrogens is 386 g/mol. The van der Waals surface area contributed by atoms with E-state index in [0.29, 0.717) is 30.0 Å². The van der Waals surface area contributed by atoms with Gasteiger partial charge in [0.15, 0.2) is 0 Å². The maximum absolute atomic E-state index is 12.6. The van der Waals surface area contributed by atoms with Gasteiger partial charge in [0.25, 0.3) is 5.91 Å². The molecule has 3 rings (SSSR count). The Hall–Kier alpha value is -1.73. The van der Waals surface area contributed by atoms with E-state index in [1.54, 1.807) is 12.1 Å². The van der Waals surface area contributed by atoms with Crippen LogP contribution >= 0.6 is 0 Å². The molecular formula is C22H33N3O3S. The van der Waals surface area contributed by atoms with Crippen molar-refractivity contribution in [2.24, 2.45) is 16.4 Å². The molecule has 1 saturated carbocycles. The Morgan fingerprint density at radius 2 is 1.72 bits per heavy atom. The fourth-order valence-electron chi connectivity index (χ4n) is 4.18. The quantitative estimate of drug-likeness (QED) is 0.703. The summed E-state index contributed by atoms with van der Waals surface area (Å²) in [4.78, 5) is 12.6. The molecule has 1 saturated heterocycles. The van der Waals surface area contributed by atoms with Crippen LogP contribution in [0, 0.1) is 11.3 Å². The summed E-state index contributed by atoms with van der Waals surface area (Å²) < 4.78 is 26.6. The van der Waals surface area contributed by atoms with Gasteiger partial charge in [-0.05, 0) is 74.1 Å². The van der Waals surface area contributed by atoms with Crippen LogP contribution in [0.25, 0.3) is 0 Å². The third kappa shape index (κ3) is 5.07. The molecule has 0 atom stereocenters. The van der Waals surface area contributed by atoms with Crippen molar-refractivity contribution in [1.29, 1.82) is 0 Å². The number of amides is 1. The van der Waals surface area contributed by atoms with Gasteiger partial charge in [-0.25, -0.2) is 13.8 Å². The van der Waals surface area contributed by atoms with E-state index in [9.17, 15) is 13.2 Å². The first-order chi connectivity index (χ1) is 13.7. The Labute approximate surface area is 174 Å². The summed E-state index contributed by atoms with van der Waals surface area (Å²) in [5, 5.41) is 4.33. The summed E-state index contributed by atoms with van der Waals surface area (Å²) in [7, 11) is -3.46. The summed E-state index contributed by atoms with van der Waals surface area (Å²) in [5.74, 6) is 0.394. The first-order valence-electron chi connectivity index (χ1n) is 10.7. The lowest BCUT2D eigenvalue weighted by Gasteiger charge is -2.36. The molecule has 1 aromatic rings. The molecule has 2 aliphatic rings. The number of hydrogen-bond acceptors (Lipinski definition) is 4. The number of rotatable bonds is 6. The largest absolute Gasteiger partial charge is 0.271 e. The molecule has 6 nitrogen and oxygen atoms in total. The van der Waals surface area contributed by atoms with E-state index in [0.717, 1.165) is 44.2 Å². The van der Waals surface area contributed by atoms with Crippen molar-refractivity contribution in [1.82, 2.24) is 9.73 Å². The van der Waals surface area contributed by atoms with Crippen molar-refractivity contribution in [3.8, 4) is 0 Å². The van der Waals surface area contributed by atoms with E-state index in [2.05, 4.69) is 31.3 Å². The van der Waals surface area contributed by atoms with Crippen molar-refractivity contribution in [2.75, 3.05) is 13.1 Å². The molecule has 0 bridgehead atoms. The molecule has 1 aromatic carbocycles. The molecule has 160 valence electrons. The normalized spacial score (nSPS) is 21.2. The lowest BCUT2D eigenvalue weighted by molar-refractivity contribution is 0.0954. The van der Waals surface area contributed by atoms with Crippen molar-refractivity contribution in [3.63, 3.8) is 0 Å². The van der Waals surface area contributed by atoms with Crippen molar-refractivity contribution < 1.29 is 13.2 Å². The van der Waals surface area contributed by atoms with Crippen LogP contribution in [-0.2, 0) is 10.0 Å². The molecule has 1 aliphatic heterocycles. The molecule has 1 N–H and O–H groups in total. The second-order valence-electron chi connectivity index (χ2n) is 8.87. The Morgan fingerprint density at radius 3 is 2.28 bits per heavy atom. The van der Waals surface area contributed by atoms with Crippen LogP contribution in [-0.4, -0.2) is 37.4 Å². The van der Waals surface area contributed by atoms with Gasteiger partial charge in [0.05, 0.1) is 4.90 Å². The summed E-state index contributed by atoms with van der Waals surface area (Å²) in [6.07, 6.45) is 7.03. The molecule has 0 spiro atoms. The van der Waals surface area contributed by atoms with E-state index in [4.69, 9.17) is 0 Å². The van der Waals surface area contributed by atoms with Gasteiger partial charge in [-0.2, -0.15) is 9.41 Å². The monoisotopic (exact) mass is 419 g/mol. The van der Waals surface area contributed by atoms with Gasteiger partial charge in [0.1, 0.15) is 0 Å². The van der Waals surface area contributed by atoms with E-state index >= 15 is 0 Å². The zero-order chi connectivity index (χ0) is 21.1. The number of sulfonamides is 1. The third-order valence-electron chi connectivity index (χ3n) is 6.71. The number of hydrogen-bond donors (Lipinski definition) is 1. The lowest BCUT2D eigenvalue weighted by Crippen LogP contribution is -2.29. The highest BCUT2D eigenvalue weighted by atomic mass is 32.2. The van der Waals surface area contributed by atoms with Crippen LogP contribution in [0.2, 0.25) is 0 Å². The van der Waals surface area contributed by atoms with Crippen LogP contribution in [0.15, 0.2) is 34.3 Å². The average molecular weight is 420 g/mol. The van der Waals surface area contributed by atoms with Crippen molar-refractivity contribution in [3.05, 3.63) is 29.8 Å². The van der Waals surface area contributed by atoms with E-state index in [-0.39, 0.29) is 10.8 Å². The molecule has 0 aromatic heterocycles. The van der Waals surface area contributed by atoms with Crippen LogP contribution in [0.5, 0.6) is 0 Å². The number of hydrazone groups is 1. The van der Waals surface area contributed by atoms with Gasteiger partial charge in [0, 0.05) is 24.4 Å². The van der Waals surface area contributed by atoms with Crippen LogP contribution in [0.4, 0.5) is 0 Å². The number of nitrogens with one attached hydrogen (secondary N) is 1. The number of nitrogens with zero attached hydrogens (tertiary/aromatic N) is 2. The second-order valence-corrected chi connectivity index (χ2v) is 10.8. The fourth-order valence-corrected chi connectivity index (χ4v) is 5.70. The highest BCUT2D eigenvalue weighted by molar-refractivity contribution is 7.89. The molecule has 2 fully saturated rings. The first kappa shape index (κ1) is 22.0. The van der Waals surface area contributed by atoms with Crippen LogP contribution < -0.4 is 5.43 Å². The summed E-state index contributed by atoms with van der Waals surface area (Å²) in [6, 6.07) is 6.12. The third-order valence-corrected chi connectivity index (χ3v) is 8.63. The summed E-state index contributed by atoms with van der Waals surface area (Å²) >= 11 is 0. The minimum absolute atomic E-state index is 0.235. The molecule has 1 aliphatic carbocycles. The highest BCUT2D eigenvalue weighted by Crippen LogP contribution is 2.39. The van der Waals surface area contributed by atoms with Gasteiger partial charge in [-0.3, -0.25) is 4.79 Å². The van der Waals surface area contributed by atoms with Gasteiger partial charge in [-0.15, -0.1) is 0 Å². The Bertz CT molecular complexity index is 844. The Morgan fingerprint density at radius 1 is 1.14 bits per heavy atom. The van der Waals surface area contributed by atoms with Crippen molar-refractivity contribution >= 4 is 21.6 Å². The predicted octanol–water partition coefficient (Wildman–Crippen LogP) is 4.18. The highest BCUT2D eigenvalue weighted by Gasteiger charge is 2.30. The van der Waals surface area contributed by atoms with E-state index < -0.39 is 10.0 Å². The van der Waals surface area contributed by atoms with Gasteiger partial charge >= 0.3 is 0 Å². The minimum atomic E-state index is -3.46. The number of carbonyl (C=O) groups excluding carboxylic acids is 1. The van der Waals surface area contributed by atoms with E-state index in [1.165, 1.54) is 22.9 Å². The van der Waals surface area contributed by atoms with Gasteiger partial charge < -0.3 is 0 Å². The maximum atomic E-state index is 12.6. The van der Waals surface area contributed by atoms with Crippen LogP contribution in [0.1, 0.15) is 76.1 Å². The molecule has 0 unspecified atom stereocenters. The smallest absolute Gasteiger partial charge is 0.267 e. The van der Waals surface area contributed by atoms with Crippen molar-refractivity contribution in [2.45, 2.75) is 70.6 Å². The molecule has 1 amide bonds. The Kier molecular flexibility index (Phi) is 6.79. The summed E-state index contributed by atoms with van der Waals surface area (Å²) in [6.45, 7) is 8.03. The van der Waals surface area contributed by atoms with Gasteiger partial charge in [-0.1, -0.05) is 27.2 Å². The summed E-state index contributed by atoms with van der Waals surface area (Å²) in [5.41, 5.74) is 4.44. The molecule has 7 heteroatoms. The SMILES string of the molecule is CCC(C)(C)C1CCC(=NNC(=O)c2ccc(S(=O)(=O)N3CCCC3)cc2)CC1. The van der Waals surface area contributed by atoms with Crippen LogP contribution in [0.3, 0.4) is 0 Å². The number of carbonyl (C=O) groups is 1. The first-order valence-corrected chi connectivity index (χ1v) is 12.1. The van der Waals surface area contributed by atoms with Gasteiger partial charge in [0.2, 0.25) is 10.0 Å². The maximum Gasteiger partial charge on any atom is 0.271 e. The number of benzene rings is 1. The zero-order valence-electron chi connectivity index (χ0n) is 17.8. The molecule has 29 heavy (non-hydrogen) atoms. The predicted molar refractivity (Wildman–Crippen MR) is 115 cm³/mol. The Balaban J connectivity index is 1.57. The fraction of sp³-hybridized carbons (Fsp3) is 0.636. The van der Waals surface area contributed by atoms with E-state index in [1.807, 2.05) is 0 Å². The second kappa shape index (κ2) is 8.96. The lowest BCUT2D eigenvalue weighted by atomic mass is 9.69. The molecule has 1 heterocycles. The topological polar surface area (TPSA) is 78.8 Å². The average Bonchev–Trinajstić information content (AvgIpc) is 3.28. The standard InChI is InChI=1S/C22H33N3O3S/c1-4-22(2,3)18-9-11-19(12-10-18)23-24-21(26)17-7-13-20(14-8-17)29(27,28)25-15-5-6-16-25/h7-8,13-14,18H,4-6,9-12,15-16H2,1-3H3,(H,24,26). The minimum Gasteiger partial charge on any atom is -0.267 e.